The average molecular weight is 380 g/mol. The molecular weight excluding hydrogens is 356 g/mol. The molecule has 0 aromatic heterocycles. The van der Waals surface area contributed by atoms with E-state index in [2.05, 4.69) is 10.6 Å². The Labute approximate surface area is 164 Å². The van der Waals surface area contributed by atoms with Crippen LogP contribution >= 0.6 is 0 Å². The average Bonchev–Trinajstić information content (AvgIpc) is 2.68. The van der Waals surface area contributed by atoms with E-state index in [0.717, 1.165) is 24.8 Å². The highest BCUT2D eigenvalue weighted by Gasteiger charge is 2.20. The van der Waals surface area contributed by atoms with E-state index < -0.39 is 0 Å². The van der Waals surface area contributed by atoms with Gasteiger partial charge in [0.1, 0.15) is 0 Å². The predicted octanol–water partition coefficient (Wildman–Crippen LogP) is 3.64. The maximum absolute atomic E-state index is 12.2. The van der Waals surface area contributed by atoms with E-state index >= 15 is 0 Å². The SMILES string of the molecule is COc1ccc(/C=C/C(=O)Nc2cccc(C(=O)NC3CCC3)c2)cc1OC. The van der Waals surface area contributed by atoms with Crippen molar-refractivity contribution in [3.05, 3.63) is 59.7 Å². The van der Waals surface area contributed by atoms with Crippen LogP contribution < -0.4 is 20.1 Å². The summed E-state index contributed by atoms with van der Waals surface area (Å²) < 4.78 is 10.5. The summed E-state index contributed by atoms with van der Waals surface area (Å²) in [6, 6.07) is 12.6. The second-order valence-corrected chi connectivity index (χ2v) is 6.62. The molecular formula is C22H24N2O4. The van der Waals surface area contributed by atoms with Crippen LogP contribution in [0.3, 0.4) is 0 Å². The number of anilines is 1. The Morgan fingerprint density at radius 1 is 1.04 bits per heavy atom. The number of amides is 2. The molecule has 1 fully saturated rings. The summed E-state index contributed by atoms with van der Waals surface area (Å²) in [6.07, 6.45) is 6.34. The van der Waals surface area contributed by atoms with Crippen molar-refractivity contribution in [3.8, 4) is 11.5 Å². The van der Waals surface area contributed by atoms with Crippen LogP contribution in [0.15, 0.2) is 48.5 Å². The summed E-state index contributed by atoms with van der Waals surface area (Å²) in [4.78, 5) is 24.5. The number of carbonyl (C=O) groups excluding carboxylic acids is 2. The van der Waals surface area contributed by atoms with Gasteiger partial charge in [0.25, 0.3) is 5.91 Å². The van der Waals surface area contributed by atoms with E-state index in [4.69, 9.17) is 9.47 Å². The van der Waals surface area contributed by atoms with Crippen molar-refractivity contribution >= 4 is 23.6 Å². The summed E-state index contributed by atoms with van der Waals surface area (Å²) >= 11 is 0. The van der Waals surface area contributed by atoms with Crippen LogP contribution in [0, 0.1) is 0 Å². The molecule has 3 rings (SSSR count). The highest BCUT2D eigenvalue weighted by molar-refractivity contribution is 6.03. The highest BCUT2D eigenvalue weighted by atomic mass is 16.5. The summed E-state index contributed by atoms with van der Waals surface area (Å²) in [7, 11) is 3.13. The van der Waals surface area contributed by atoms with Gasteiger partial charge in [0, 0.05) is 23.4 Å². The van der Waals surface area contributed by atoms with Crippen LogP contribution in [-0.2, 0) is 4.79 Å². The van der Waals surface area contributed by atoms with Crippen LogP contribution in [-0.4, -0.2) is 32.1 Å². The third-order valence-electron chi connectivity index (χ3n) is 4.67. The molecule has 28 heavy (non-hydrogen) atoms. The van der Waals surface area contributed by atoms with Crippen LogP contribution in [0.5, 0.6) is 11.5 Å². The number of rotatable bonds is 7. The fraction of sp³-hybridized carbons (Fsp3) is 0.273. The molecule has 2 N–H and O–H groups in total. The number of hydrogen-bond donors (Lipinski definition) is 2. The molecule has 0 bridgehead atoms. The molecule has 0 radical (unpaired) electrons. The quantitative estimate of drug-likeness (QED) is 0.719. The molecule has 6 heteroatoms. The molecule has 0 unspecified atom stereocenters. The minimum Gasteiger partial charge on any atom is -0.493 e. The number of benzene rings is 2. The molecule has 0 atom stereocenters. The Morgan fingerprint density at radius 3 is 2.50 bits per heavy atom. The lowest BCUT2D eigenvalue weighted by atomic mass is 9.93. The Kier molecular flexibility index (Phi) is 6.32. The van der Waals surface area contributed by atoms with Crippen LogP contribution in [0.25, 0.3) is 6.08 Å². The van der Waals surface area contributed by atoms with Gasteiger partial charge >= 0.3 is 0 Å². The first kappa shape index (κ1) is 19.5. The van der Waals surface area contributed by atoms with Gasteiger partial charge in [0.15, 0.2) is 11.5 Å². The molecule has 0 heterocycles. The maximum atomic E-state index is 12.2. The minimum atomic E-state index is -0.286. The zero-order valence-corrected chi connectivity index (χ0v) is 16.0. The van der Waals surface area contributed by atoms with Crippen molar-refractivity contribution < 1.29 is 19.1 Å². The lowest BCUT2D eigenvalue weighted by Crippen LogP contribution is -2.39. The number of nitrogens with one attached hydrogen (secondary N) is 2. The van der Waals surface area contributed by atoms with Crippen LogP contribution in [0.4, 0.5) is 5.69 Å². The van der Waals surface area contributed by atoms with Crippen molar-refractivity contribution in [3.63, 3.8) is 0 Å². The summed E-state index contributed by atoms with van der Waals surface area (Å²) in [6.45, 7) is 0. The third-order valence-corrected chi connectivity index (χ3v) is 4.67. The van der Waals surface area contributed by atoms with Crippen molar-refractivity contribution in [1.82, 2.24) is 5.32 Å². The smallest absolute Gasteiger partial charge is 0.251 e. The molecule has 0 aliphatic heterocycles. The fourth-order valence-electron chi connectivity index (χ4n) is 2.87. The highest BCUT2D eigenvalue weighted by Crippen LogP contribution is 2.28. The van der Waals surface area contributed by atoms with E-state index in [0.29, 0.717) is 22.7 Å². The minimum absolute atomic E-state index is 0.110. The lowest BCUT2D eigenvalue weighted by Gasteiger charge is -2.26. The number of carbonyl (C=O) groups is 2. The zero-order valence-electron chi connectivity index (χ0n) is 16.0. The molecule has 1 saturated carbocycles. The van der Waals surface area contributed by atoms with Crippen molar-refractivity contribution in [1.29, 1.82) is 0 Å². The summed E-state index contributed by atoms with van der Waals surface area (Å²) in [5, 5.41) is 5.77. The van der Waals surface area contributed by atoms with E-state index in [1.807, 2.05) is 6.07 Å². The normalized spacial score (nSPS) is 13.6. The number of ether oxygens (including phenoxy) is 2. The first-order valence-corrected chi connectivity index (χ1v) is 9.21. The van der Waals surface area contributed by atoms with Gasteiger partial charge in [-0.2, -0.15) is 0 Å². The molecule has 2 amide bonds. The summed E-state index contributed by atoms with van der Waals surface area (Å²) in [5.74, 6) is 0.823. The standard InChI is InChI=1S/C22H24N2O4/c1-27-19-11-9-15(13-20(19)28-2)10-12-21(25)23-18-8-3-5-16(14-18)22(26)24-17-6-4-7-17/h3,5,8-14,17H,4,6-7H2,1-2H3,(H,23,25)(H,24,26)/b12-10+. The van der Waals surface area contributed by atoms with Crippen LogP contribution in [0.2, 0.25) is 0 Å². The molecule has 0 saturated heterocycles. The third kappa shape index (κ3) is 4.91. The summed E-state index contributed by atoms with van der Waals surface area (Å²) in [5.41, 5.74) is 1.92. The van der Waals surface area contributed by atoms with E-state index in [-0.39, 0.29) is 17.9 Å². The van der Waals surface area contributed by atoms with Gasteiger partial charge in [0.05, 0.1) is 14.2 Å². The topological polar surface area (TPSA) is 76.7 Å². The maximum Gasteiger partial charge on any atom is 0.251 e. The van der Waals surface area contributed by atoms with Gasteiger partial charge in [-0.3, -0.25) is 9.59 Å². The van der Waals surface area contributed by atoms with E-state index in [9.17, 15) is 9.59 Å². The Balaban J connectivity index is 1.62. The van der Waals surface area contributed by atoms with Crippen LogP contribution in [0.1, 0.15) is 35.2 Å². The Morgan fingerprint density at radius 2 is 1.82 bits per heavy atom. The van der Waals surface area contributed by atoms with Gasteiger partial charge in [-0.05, 0) is 61.2 Å². The molecule has 0 spiro atoms. The number of hydrogen-bond acceptors (Lipinski definition) is 4. The largest absolute Gasteiger partial charge is 0.493 e. The van der Waals surface area contributed by atoms with Gasteiger partial charge in [-0.15, -0.1) is 0 Å². The molecule has 1 aliphatic carbocycles. The van der Waals surface area contributed by atoms with Crippen molar-refractivity contribution in [2.24, 2.45) is 0 Å². The second-order valence-electron chi connectivity index (χ2n) is 6.62. The fourth-order valence-corrected chi connectivity index (χ4v) is 2.87. The van der Waals surface area contributed by atoms with Gasteiger partial charge in [-0.1, -0.05) is 12.1 Å². The molecule has 1 aliphatic rings. The molecule has 6 nitrogen and oxygen atoms in total. The zero-order chi connectivity index (χ0) is 19.9. The van der Waals surface area contributed by atoms with E-state index in [1.54, 1.807) is 56.7 Å². The van der Waals surface area contributed by atoms with E-state index in [1.165, 1.54) is 6.08 Å². The van der Waals surface area contributed by atoms with Gasteiger partial charge in [0.2, 0.25) is 5.91 Å². The van der Waals surface area contributed by atoms with Gasteiger partial charge < -0.3 is 20.1 Å². The monoisotopic (exact) mass is 380 g/mol. The first-order valence-electron chi connectivity index (χ1n) is 9.21. The van der Waals surface area contributed by atoms with Crippen molar-refractivity contribution in [2.75, 3.05) is 19.5 Å². The van der Waals surface area contributed by atoms with Crippen molar-refractivity contribution in [2.45, 2.75) is 25.3 Å². The number of methoxy groups -OCH3 is 2. The second kappa shape index (κ2) is 9.08. The molecule has 2 aromatic rings. The first-order chi connectivity index (χ1) is 13.6. The Hall–Kier alpha value is -3.28. The Bertz CT molecular complexity index is 888. The molecule has 146 valence electrons. The van der Waals surface area contributed by atoms with Gasteiger partial charge in [-0.25, -0.2) is 0 Å². The molecule has 2 aromatic carbocycles. The lowest BCUT2D eigenvalue weighted by molar-refractivity contribution is -0.111. The predicted molar refractivity (Wildman–Crippen MR) is 109 cm³/mol.